The molecule has 0 unspecified atom stereocenters. The van der Waals surface area contributed by atoms with Gasteiger partial charge >= 0.3 is 0 Å². The summed E-state index contributed by atoms with van der Waals surface area (Å²) >= 11 is 0. The summed E-state index contributed by atoms with van der Waals surface area (Å²) in [5.41, 5.74) is 8.25. The minimum atomic E-state index is -0.435. The zero-order chi connectivity index (χ0) is 11.7. The summed E-state index contributed by atoms with van der Waals surface area (Å²) < 4.78 is 5.12. The van der Waals surface area contributed by atoms with Crippen LogP contribution in [0.3, 0.4) is 0 Å². The molecule has 4 nitrogen and oxygen atoms in total. The van der Waals surface area contributed by atoms with Crippen molar-refractivity contribution in [1.82, 2.24) is 5.16 Å². The van der Waals surface area contributed by atoms with Crippen molar-refractivity contribution in [3.63, 3.8) is 0 Å². The molecule has 1 aromatic carbocycles. The molecule has 0 atom stereocenters. The van der Waals surface area contributed by atoms with Crippen molar-refractivity contribution < 1.29 is 9.32 Å². The van der Waals surface area contributed by atoms with Gasteiger partial charge in [0.1, 0.15) is 0 Å². The van der Waals surface area contributed by atoms with Gasteiger partial charge in [-0.3, -0.25) is 4.79 Å². The Morgan fingerprint density at radius 1 is 1.31 bits per heavy atom. The monoisotopic (exact) mass is 216 g/mol. The first-order valence-electron chi connectivity index (χ1n) is 4.92. The van der Waals surface area contributed by atoms with E-state index in [2.05, 4.69) is 5.16 Å². The maximum absolute atomic E-state index is 11.2. The average molecular weight is 216 g/mol. The summed E-state index contributed by atoms with van der Waals surface area (Å²) in [7, 11) is 0. The van der Waals surface area contributed by atoms with Crippen LogP contribution in [0, 0.1) is 13.8 Å². The van der Waals surface area contributed by atoms with E-state index in [-0.39, 0.29) is 0 Å². The molecule has 1 amide bonds. The quantitative estimate of drug-likeness (QED) is 0.835. The number of primary amides is 1. The summed E-state index contributed by atoms with van der Waals surface area (Å²) in [6.45, 7) is 3.69. The van der Waals surface area contributed by atoms with Gasteiger partial charge in [-0.2, -0.15) is 0 Å². The first kappa shape index (κ1) is 10.4. The highest BCUT2D eigenvalue weighted by Gasteiger charge is 2.09. The molecule has 82 valence electrons. The van der Waals surface area contributed by atoms with E-state index in [0.29, 0.717) is 11.3 Å². The Hall–Kier alpha value is -2.10. The molecule has 0 aliphatic carbocycles. The molecule has 0 saturated heterocycles. The van der Waals surface area contributed by atoms with Crippen LogP contribution in [-0.4, -0.2) is 11.1 Å². The highest BCUT2D eigenvalue weighted by molar-refractivity contribution is 5.95. The van der Waals surface area contributed by atoms with Gasteiger partial charge in [-0.15, -0.1) is 0 Å². The van der Waals surface area contributed by atoms with Gasteiger partial charge in [0.15, 0.2) is 5.76 Å². The van der Waals surface area contributed by atoms with E-state index in [1.54, 1.807) is 6.07 Å². The van der Waals surface area contributed by atoms with E-state index >= 15 is 0 Å². The number of rotatable bonds is 2. The highest BCUT2D eigenvalue weighted by atomic mass is 16.5. The molecule has 16 heavy (non-hydrogen) atoms. The van der Waals surface area contributed by atoms with Crippen molar-refractivity contribution in [3.05, 3.63) is 41.1 Å². The topological polar surface area (TPSA) is 69.1 Å². The molecule has 0 bridgehead atoms. The van der Waals surface area contributed by atoms with E-state index in [1.807, 2.05) is 32.0 Å². The summed E-state index contributed by atoms with van der Waals surface area (Å²) in [5, 5.41) is 3.80. The van der Waals surface area contributed by atoms with Crippen LogP contribution in [0.5, 0.6) is 0 Å². The Bertz CT molecular complexity index is 544. The van der Waals surface area contributed by atoms with Crippen molar-refractivity contribution in [3.8, 4) is 11.3 Å². The molecular weight excluding hydrogens is 204 g/mol. The second-order valence-corrected chi connectivity index (χ2v) is 3.73. The number of nitrogens with zero attached hydrogens (tertiary/aromatic N) is 1. The van der Waals surface area contributed by atoms with Crippen LogP contribution < -0.4 is 5.73 Å². The lowest BCUT2D eigenvalue weighted by Crippen LogP contribution is -2.12. The van der Waals surface area contributed by atoms with E-state index in [0.717, 1.165) is 16.8 Å². The molecule has 1 aromatic heterocycles. The minimum absolute atomic E-state index is 0.435. The van der Waals surface area contributed by atoms with Gasteiger partial charge in [0, 0.05) is 17.2 Å². The third-order valence-corrected chi connectivity index (χ3v) is 2.42. The lowest BCUT2D eigenvalue weighted by Gasteiger charge is -2.03. The molecule has 2 N–H and O–H groups in total. The van der Waals surface area contributed by atoms with E-state index in [4.69, 9.17) is 10.3 Å². The predicted molar refractivity (Wildman–Crippen MR) is 59.9 cm³/mol. The Morgan fingerprint density at radius 3 is 2.62 bits per heavy atom. The Morgan fingerprint density at radius 2 is 2.06 bits per heavy atom. The molecule has 1 heterocycles. The van der Waals surface area contributed by atoms with Crippen molar-refractivity contribution in [1.29, 1.82) is 0 Å². The van der Waals surface area contributed by atoms with Crippen molar-refractivity contribution in [2.45, 2.75) is 13.8 Å². The molecule has 0 aliphatic rings. The Labute approximate surface area is 93.1 Å². The standard InChI is InChI=1S/C12H12N2O2/c1-7-3-4-9(6-10(7)12(13)15)11-5-8(2)14-16-11/h3-6H,1-2H3,(H2,13,15). The molecule has 0 aliphatic heterocycles. The number of hydrogen-bond donors (Lipinski definition) is 1. The average Bonchev–Trinajstić information content (AvgIpc) is 2.65. The molecule has 2 rings (SSSR count). The van der Waals surface area contributed by atoms with Gasteiger partial charge in [0.25, 0.3) is 0 Å². The second-order valence-electron chi connectivity index (χ2n) is 3.73. The smallest absolute Gasteiger partial charge is 0.248 e. The maximum Gasteiger partial charge on any atom is 0.248 e. The number of carbonyl (C=O) groups is 1. The van der Waals surface area contributed by atoms with Crippen LogP contribution in [-0.2, 0) is 0 Å². The zero-order valence-electron chi connectivity index (χ0n) is 9.15. The van der Waals surface area contributed by atoms with E-state index < -0.39 is 5.91 Å². The summed E-state index contributed by atoms with van der Waals surface area (Å²) in [6.07, 6.45) is 0. The van der Waals surface area contributed by atoms with Gasteiger partial charge in [-0.05, 0) is 25.5 Å². The first-order valence-corrected chi connectivity index (χ1v) is 4.92. The number of hydrogen-bond acceptors (Lipinski definition) is 3. The van der Waals surface area contributed by atoms with Gasteiger partial charge in [0.05, 0.1) is 5.69 Å². The van der Waals surface area contributed by atoms with Crippen LogP contribution in [0.4, 0.5) is 0 Å². The normalized spacial score (nSPS) is 10.4. The summed E-state index contributed by atoms with van der Waals surface area (Å²) in [4.78, 5) is 11.2. The van der Waals surface area contributed by atoms with E-state index in [1.165, 1.54) is 0 Å². The van der Waals surface area contributed by atoms with Crippen molar-refractivity contribution in [2.24, 2.45) is 5.73 Å². The molecule has 0 radical (unpaired) electrons. The largest absolute Gasteiger partial charge is 0.366 e. The Balaban J connectivity index is 2.51. The number of nitrogens with two attached hydrogens (primary N) is 1. The lowest BCUT2D eigenvalue weighted by atomic mass is 10.0. The molecule has 0 fully saturated rings. The lowest BCUT2D eigenvalue weighted by molar-refractivity contribution is 0.1000. The van der Waals surface area contributed by atoms with Gasteiger partial charge in [-0.25, -0.2) is 0 Å². The summed E-state index contributed by atoms with van der Waals surface area (Å²) in [6, 6.07) is 7.25. The molecule has 0 spiro atoms. The number of amides is 1. The molecular formula is C12H12N2O2. The van der Waals surface area contributed by atoms with Crippen molar-refractivity contribution >= 4 is 5.91 Å². The van der Waals surface area contributed by atoms with Crippen molar-refractivity contribution in [2.75, 3.05) is 0 Å². The minimum Gasteiger partial charge on any atom is -0.366 e. The molecule has 4 heteroatoms. The van der Waals surface area contributed by atoms with Crippen LogP contribution >= 0.6 is 0 Å². The fourth-order valence-electron chi connectivity index (χ4n) is 1.54. The second kappa shape index (κ2) is 3.81. The van der Waals surface area contributed by atoms with Crippen LogP contribution in [0.2, 0.25) is 0 Å². The SMILES string of the molecule is Cc1cc(-c2ccc(C)c(C(N)=O)c2)on1. The van der Waals surface area contributed by atoms with Gasteiger partial charge in [-0.1, -0.05) is 17.3 Å². The van der Waals surface area contributed by atoms with Gasteiger partial charge < -0.3 is 10.3 Å². The van der Waals surface area contributed by atoms with Crippen LogP contribution in [0.1, 0.15) is 21.6 Å². The number of aryl methyl sites for hydroxylation is 2. The molecule has 0 saturated carbocycles. The third-order valence-electron chi connectivity index (χ3n) is 2.42. The third kappa shape index (κ3) is 1.82. The predicted octanol–water partition coefficient (Wildman–Crippen LogP) is 2.06. The zero-order valence-corrected chi connectivity index (χ0v) is 9.15. The summed E-state index contributed by atoms with van der Waals surface area (Å²) in [5.74, 6) is 0.204. The fourth-order valence-corrected chi connectivity index (χ4v) is 1.54. The first-order chi connectivity index (χ1) is 7.58. The van der Waals surface area contributed by atoms with Crippen LogP contribution in [0.15, 0.2) is 28.8 Å². The molecule has 2 aromatic rings. The van der Waals surface area contributed by atoms with Gasteiger partial charge in [0.2, 0.25) is 5.91 Å². The fraction of sp³-hybridized carbons (Fsp3) is 0.167. The maximum atomic E-state index is 11.2. The highest BCUT2D eigenvalue weighted by Crippen LogP contribution is 2.22. The number of benzene rings is 1. The number of carbonyl (C=O) groups excluding carboxylic acids is 1. The van der Waals surface area contributed by atoms with Crippen LogP contribution in [0.25, 0.3) is 11.3 Å². The van der Waals surface area contributed by atoms with E-state index in [9.17, 15) is 4.79 Å². The Kier molecular flexibility index (Phi) is 2.48. The number of aromatic nitrogens is 1.